The van der Waals surface area contributed by atoms with Gasteiger partial charge in [0.05, 0.1) is 29.2 Å². The van der Waals surface area contributed by atoms with E-state index in [-0.39, 0.29) is 22.9 Å². The van der Waals surface area contributed by atoms with E-state index in [0.29, 0.717) is 29.3 Å². The van der Waals surface area contributed by atoms with Crippen LogP contribution in [0.5, 0.6) is 11.5 Å². The number of hydrogen-bond donors (Lipinski definition) is 2. The second-order valence-electron chi connectivity index (χ2n) is 9.25. The van der Waals surface area contributed by atoms with Gasteiger partial charge < -0.3 is 19.9 Å². The van der Waals surface area contributed by atoms with Gasteiger partial charge in [-0.25, -0.2) is 13.4 Å². The van der Waals surface area contributed by atoms with Crippen molar-refractivity contribution in [2.24, 2.45) is 0 Å². The molecule has 0 radical (unpaired) electrons. The van der Waals surface area contributed by atoms with E-state index in [4.69, 9.17) is 4.74 Å². The Morgan fingerprint density at radius 3 is 2.55 bits per heavy atom. The van der Waals surface area contributed by atoms with Crippen LogP contribution in [0.2, 0.25) is 0 Å². The third kappa shape index (κ3) is 4.97. The zero-order valence-electron chi connectivity index (χ0n) is 21.2. The molecule has 0 aliphatic carbocycles. The Hall–Kier alpha value is -4.25. The molecule has 11 heteroatoms. The lowest BCUT2D eigenvalue weighted by atomic mass is 10.0. The number of nitrogens with zero attached hydrogens (tertiary/aromatic N) is 3. The summed E-state index contributed by atoms with van der Waals surface area (Å²) >= 11 is 0. The maximum Gasteiger partial charge on any atom is 0.252 e. The molecule has 1 fully saturated rings. The number of nitrogens with one attached hydrogen (secondary N) is 2. The van der Waals surface area contributed by atoms with E-state index in [9.17, 15) is 18.0 Å². The molecular formula is C27H27N5O5S. The summed E-state index contributed by atoms with van der Waals surface area (Å²) in [6.07, 6.45) is 5.67. The van der Waals surface area contributed by atoms with Crippen LogP contribution < -0.4 is 10.1 Å². The second kappa shape index (κ2) is 9.90. The highest BCUT2D eigenvalue weighted by molar-refractivity contribution is 7.90. The van der Waals surface area contributed by atoms with Crippen LogP contribution in [-0.4, -0.2) is 59.9 Å². The van der Waals surface area contributed by atoms with Crippen molar-refractivity contribution >= 4 is 32.6 Å². The van der Waals surface area contributed by atoms with Crippen LogP contribution in [-0.2, 0) is 14.6 Å². The summed E-state index contributed by atoms with van der Waals surface area (Å²) in [5.74, 6) is 0.716. The predicted molar refractivity (Wildman–Crippen MR) is 142 cm³/mol. The number of benzene rings is 1. The zero-order chi connectivity index (χ0) is 27.0. The fourth-order valence-corrected chi connectivity index (χ4v) is 5.30. The molecule has 196 valence electrons. The van der Waals surface area contributed by atoms with Crippen LogP contribution in [0.4, 0.5) is 0 Å². The number of aromatic nitrogens is 3. The Bertz CT molecular complexity index is 1630. The molecule has 5 rings (SSSR count). The van der Waals surface area contributed by atoms with Gasteiger partial charge in [-0.05, 0) is 55.3 Å². The van der Waals surface area contributed by atoms with Gasteiger partial charge in [0.1, 0.15) is 11.5 Å². The van der Waals surface area contributed by atoms with E-state index in [1.807, 2.05) is 23.1 Å². The van der Waals surface area contributed by atoms with Crippen molar-refractivity contribution in [3.05, 3.63) is 66.0 Å². The van der Waals surface area contributed by atoms with E-state index >= 15 is 0 Å². The molecule has 2 N–H and O–H groups in total. The highest BCUT2D eigenvalue weighted by atomic mass is 32.2. The number of aromatic amines is 1. The number of fused-ring (bicyclic) bond motifs is 1. The molecule has 4 heterocycles. The van der Waals surface area contributed by atoms with Crippen molar-refractivity contribution in [1.82, 2.24) is 25.2 Å². The number of amides is 2. The maximum absolute atomic E-state index is 12.4. The summed E-state index contributed by atoms with van der Waals surface area (Å²) < 4.78 is 29.8. The quantitative estimate of drug-likeness (QED) is 0.384. The summed E-state index contributed by atoms with van der Waals surface area (Å²) in [6, 6.07) is 12.1. The molecule has 0 unspecified atom stereocenters. The third-order valence-corrected chi connectivity index (χ3v) is 7.61. The first-order chi connectivity index (χ1) is 18.1. The summed E-state index contributed by atoms with van der Waals surface area (Å²) in [5, 5.41) is 3.41. The van der Waals surface area contributed by atoms with E-state index in [1.165, 1.54) is 18.5 Å². The Morgan fingerprint density at radius 2 is 1.92 bits per heavy atom. The molecule has 1 aliphatic heterocycles. The molecule has 1 aromatic carbocycles. The van der Waals surface area contributed by atoms with Crippen LogP contribution in [0.25, 0.3) is 22.3 Å². The highest BCUT2D eigenvalue weighted by Gasteiger charge is 2.31. The molecule has 1 atom stereocenters. The minimum atomic E-state index is -3.44. The Kier molecular flexibility index (Phi) is 6.62. The standard InChI is InChI=1S/C27H27N5O5S/c1-16(33)32-10-4-5-24(32)20-13-22-18(11-23(31-22)21-8-6-17(14-29-21)27(34)28-2)12-25(20)37-19-7-9-26(30-15-19)38(3,35)36/h6-9,11-15,24,31H,4-5,10H2,1-3H3,(H,28,34)/t24-/m1/s1. The van der Waals surface area contributed by atoms with Gasteiger partial charge in [-0.1, -0.05) is 0 Å². The number of rotatable bonds is 6. The van der Waals surface area contributed by atoms with Crippen molar-refractivity contribution in [3.8, 4) is 22.9 Å². The van der Waals surface area contributed by atoms with Gasteiger partial charge in [-0.2, -0.15) is 0 Å². The van der Waals surface area contributed by atoms with Crippen molar-refractivity contribution in [3.63, 3.8) is 0 Å². The zero-order valence-corrected chi connectivity index (χ0v) is 22.0. The molecule has 3 aromatic heterocycles. The lowest BCUT2D eigenvalue weighted by Crippen LogP contribution is -2.28. The van der Waals surface area contributed by atoms with Gasteiger partial charge >= 0.3 is 0 Å². The van der Waals surface area contributed by atoms with Crippen molar-refractivity contribution in [1.29, 1.82) is 0 Å². The summed E-state index contributed by atoms with van der Waals surface area (Å²) in [6.45, 7) is 2.23. The molecule has 1 saturated heterocycles. The van der Waals surface area contributed by atoms with Crippen molar-refractivity contribution < 1.29 is 22.7 Å². The molecule has 0 bridgehead atoms. The number of H-pyrrole nitrogens is 1. The SMILES string of the molecule is CNC(=O)c1ccc(-c2cc3cc(Oc4ccc(S(C)(=O)=O)nc4)c([C@H]4CCCN4C(C)=O)cc3[nH]2)nc1. The molecule has 0 saturated carbocycles. The highest BCUT2D eigenvalue weighted by Crippen LogP contribution is 2.41. The first-order valence-electron chi connectivity index (χ1n) is 12.1. The van der Waals surface area contributed by atoms with Crippen molar-refractivity contribution in [2.45, 2.75) is 30.8 Å². The van der Waals surface area contributed by atoms with E-state index < -0.39 is 9.84 Å². The number of sulfone groups is 1. The molecule has 2 amide bonds. The largest absolute Gasteiger partial charge is 0.455 e. The van der Waals surface area contributed by atoms with Gasteiger partial charge in [0.25, 0.3) is 5.91 Å². The van der Waals surface area contributed by atoms with Gasteiger partial charge in [-0.15, -0.1) is 0 Å². The smallest absolute Gasteiger partial charge is 0.252 e. The average Bonchev–Trinajstić information content (AvgIpc) is 3.55. The van der Waals surface area contributed by atoms with E-state index in [2.05, 4.69) is 20.3 Å². The number of hydrogen-bond acceptors (Lipinski definition) is 7. The van der Waals surface area contributed by atoms with Crippen LogP contribution in [0, 0.1) is 0 Å². The average molecular weight is 534 g/mol. The van der Waals surface area contributed by atoms with E-state index in [0.717, 1.165) is 41.3 Å². The van der Waals surface area contributed by atoms with Crippen LogP contribution in [0.15, 0.2) is 59.9 Å². The third-order valence-electron chi connectivity index (χ3n) is 6.61. The molecule has 10 nitrogen and oxygen atoms in total. The van der Waals surface area contributed by atoms with Gasteiger partial charge in [0.2, 0.25) is 5.91 Å². The fourth-order valence-electron chi connectivity index (χ4n) is 4.74. The Balaban J connectivity index is 1.56. The lowest BCUT2D eigenvalue weighted by Gasteiger charge is -2.25. The number of carbonyl (C=O) groups excluding carboxylic acids is 2. The number of ether oxygens (including phenoxy) is 1. The van der Waals surface area contributed by atoms with Crippen LogP contribution >= 0.6 is 0 Å². The van der Waals surface area contributed by atoms with Gasteiger partial charge in [0.15, 0.2) is 14.9 Å². The molecule has 1 aliphatic rings. The summed E-state index contributed by atoms with van der Waals surface area (Å²) in [4.78, 5) is 37.9. The lowest BCUT2D eigenvalue weighted by molar-refractivity contribution is -0.129. The molecule has 0 spiro atoms. The first-order valence-corrected chi connectivity index (χ1v) is 14.0. The first kappa shape index (κ1) is 25.4. The predicted octanol–water partition coefficient (Wildman–Crippen LogP) is 3.86. The van der Waals surface area contributed by atoms with Crippen molar-refractivity contribution in [2.75, 3.05) is 19.8 Å². The molecule has 4 aromatic rings. The van der Waals surface area contributed by atoms with Gasteiger partial charge in [0, 0.05) is 49.4 Å². The number of carbonyl (C=O) groups is 2. The molecular weight excluding hydrogens is 506 g/mol. The normalized spacial score (nSPS) is 15.6. The number of likely N-dealkylation sites (tertiary alicyclic amines) is 1. The maximum atomic E-state index is 12.4. The topological polar surface area (TPSA) is 134 Å². The van der Waals surface area contributed by atoms with Gasteiger partial charge in [-0.3, -0.25) is 14.6 Å². The Labute approximate surface area is 220 Å². The monoisotopic (exact) mass is 533 g/mol. The minimum absolute atomic E-state index is 0.00898. The summed E-state index contributed by atoms with van der Waals surface area (Å²) in [7, 11) is -1.87. The minimum Gasteiger partial charge on any atom is -0.455 e. The second-order valence-corrected chi connectivity index (χ2v) is 11.2. The summed E-state index contributed by atoms with van der Waals surface area (Å²) in [5.41, 5.74) is 3.59. The van der Waals surface area contributed by atoms with Crippen LogP contribution in [0.1, 0.15) is 41.7 Å². The fraction of sp³-hybridized carbons (Fsp3) is 0.259. The van der Waals surface area contributed by atoms with Crippen LogP contribution in [0.3, 0.4) is 0 Å². The Morgan fingerprint density at radius 1 is 1.11 bits per heavy atom. The number of pyridine rings is 2. The molecule has 38 heavy (non-hydrogen) atoms. The van der Waals surface area contributed by atoms with E-state index in [1.54, 1.807) is 32.2 Å².